The Morgan fingerprint density at radius 3 is 2.74 bits per heavy atom. The van der Waals surface area contributed by atoms with Crippen molar-refractivity contribution in [3.05, 3.63) is 66.6 Å². The van der Waals surface area contributed by atoms with E-state index in [0.717, 1.165) is 11.9 Å². The van der Waals surface area contributed by atoms with Gasteiger partial charge < -0.3 is 30.3 Å². The van der Waals surface area contributed by atoms with E-state index in [4.69, 9.17) is 19.6 Å². The Morgan fingerprint density at radius 2 is 1.95 bits per heavy atom. The van der Waals surface area contributed by atoms with Gasteiger partial charge in [0.2, 0.25) is 11.8 Å². The highest BCUT2D eigenvalue weighted by Crippen LogP contribution is 2.38. The van der Waals surface area contributed by atoms with Crippen LogP contribution >= 0.6 is 0 Å². The van der Waals surface area contributed by atoms with Gasteiger partial charge in [-0.15, -0.1) is 0 Å². The van der Waals surface area contributed by atoms with Gasteiger partial charge in [-0.25, -0.2) is 9.97 Å². The molecule has 0 saturated carbocycles. The van der Waals surface area contributed by atoms with E-state index in [0.29, 0.717) is 47.3 Å². The number of methoxy groups -OCH3 is 2. The lowest BCUT2D eigenvalue weighted by molar-refractivity contribution is 0.100. The monoisotopic (exact) mass is 514 g/mol. The Hall–Kier alpha value is -4.97. The molecule has 3 heterocycles. The van der Waals surface area contributed by atoms with E-state index in [1.807, 2.05) is 42.6 Å². The summed E-state index contributed by atoms with van der Waals surface area (Å²) in [6, 6.07) is 12.9. The van der Waals surface area contributed by atoms with Crippen LogP contribution in [0.3, 0.4) is 0 Å². The summed E-state index contributed by atoms with van der Waals surface area (Å²) in [6.07, 6.45) is 5.69. The summed E-state index contributed by atoms with van der Waals surface area (Å²) >= 11 is 0. The Labute approximate surface area is 217 Å². The predicted molar refractivity (Wildman–Crippen MR) is 142 cm³/mol. The number of oxazole rings is 1. The van der Waals surface area contributed by atoms with Crippen LogP contribution in [0.15, 0.2) is 65.5 Å². The summed E-state index contributed by atoms with van der Waals surface area (Å²) in [4.78, 5) is 25.5. The molecule has 0 aliphatic heterocycles. The number of para-hydroxylation sites is 3. The fraction of sp³-hybridized carbons (Fsp3) is 0.192. The van der Waals surface area contributed by atoms with Crippen molar-refractivity contribution in [2.75, 3.05) is 31.5 Å². The quantitative estimate of drug-likeness (QED) is 0.219. The molecule has 38 heavy (non-hydrogen) atoms. The van der Waals surface area contributed by atoms with Crippen LogP contribution < -0.4 is 21.1 Å². The number of carbonyl (C=O) groups is 1. The van der Waals surface area contributed by atoms with E-state index < -0.39 is 5.91 Å². The first kappa shape index (κ1) is 24.7. The number of nitrogens with zero attached hydrogens (tertiary/aromatic N) is 5. The van der Waals surface area contributed by atoms with Crippen molar-refractivity contribution >= 4 is 40.1 Å². The predicted octanol–water partition coefficient (Wildman–Crippen LogP) is 4.11. The van der Waals surface area contributed by atoms with Gasteiger partial charge in [-0.05, 0) is 30.7 Å². The molecule has 0 bridgehead atoms. The highest BCUT2D eigenvalue weighted by molar-refractivity contribution is 5.98. The maximum absolute atomic E-state index is 12.2. The largest absolute Gasteiger partial charge is 0.494 e. The van der Waals surface area contributed by atoms with Crippen molar-refractivity contribution in [3.8, 4) is 17.2 Å². The second-order valence-corrected chi connectivity index (χ2v) is 8.28. The molecule has 4 N–H and O–H groups in total. The van der Waals surface area contributed by atoms with Crippen molar-refractivity contribution in [1.82, 2.24) is 24.7 Å². The lowest BCUT2D eigenvalue weighted by Crippen LogP contribution is -2.16. The summed E-state index contributed by atoms with van der Waals surface area (Å²) in [5, 5.41) is 10.6. The molecule has 0 saturated heterocycles. The third-order valence-corrected chi connectivity index (χ3v) is 5.68. The van der Waals surface area contributed by atoms with Crippen LogP contribution in [-0.2, 0) is 11.3 Å². The number of aromatic nitrogens is 5. The van der Waals surface area contributed by atoms with Crippen LogP contribution in [0.4, 0.5) is 23.1 Å². The summed E-state index contributed by atoms with van der Waals surface area (Å²) in [5.74, 6) is 0.631. The second kappa shape index (κ2) is 11.0. The van der Waals surface area contributed by atoms with Crippen molar-refractivity contribution in [2.45, 2.75) is 13.0 Å². The molecule has 0 unspecified atom stereocenters. The molecule has 5 rings (SSSR count). The Kier molecular flexibility index (Phi) is 7.13. The summed E-state index contributed by atoms with van der Waals surface area (Å²) in [6.45, 7) is 1.35. The number of nitrogens with two attached hydrogens (primary N) is 1. The van der Waals surface area contributed by atoms with E-state index in [-0.39, 0.29) is 17.3 Å². The standard InChI is InChI=1S/C26H26N8O4/c1-36-12-6-11-34-15-16(13-29-34)30-26-28-14-18(23(27)35)24(33-26)31-20-9-5-7-17(22(20)37-2)25-32-19-8-3-4-10-21(19)38-25/h3-5,7-10,13-15H,6,11-12H2,1-2H3,(H2,27,35)(H2,28,30,31,33). The average molecular weight is 515 g/mol. The zero-order valence-corrected chi connectivity index (χ0v) is 20.8. The van der Waals surface area contributed by atoms with Crippen LogP contribution in [-0.4, -0.2) is 51.5 Å². The summed E-state index contributed by atoms with van der Waals surface area (Å²) in [5.41, 5.74) is 8.96. The lowest BCUT2D eigenvalue weighted by atomic mass is 10.1. The summed E-state index contributed by atoms with van der Waals surface area (Å²) in [7, 11) is 3.20. The first-order chi connectivity index (χ1) is 18.6. The maximum atomic E-state index is 12.2. The molecule has 2 aromatic carbocycles. The minimum absolute atomic E-state index is 0.111. The normalized spacial score (nSPS) is 11.0. The minimum Gasteiger partial charge on any atom is -0.494 e. The first-order valence-corrected chi connectivity index (χ1v) is 11.8. The topological polar surface area (TPSA) is 155 Å². The average Bonchev–Trinajstić information content (AvgIpc) is 3.55. The Bertz CT molecular complexity index is 1550. The molecule has 0 spiro atoms. The molecule has 0 fully saturated rings. The van der Waals surface area contributed by atoms with E-state index in [2.05, 4.69) is 30.7 Å². The highest BCUT2D eigenvalue weighted by atomic mass is 16.5. The van der Waals surface area contributed by atoms with Crippen molar-refractivity contribution in [1.29, 1.82) is 0 Å². The number of nitrogens with one attached hydrogen (secondary N) is 2. The zero-order chi connectivity index (χ0) is 26.5. The zero-order valence-electron chi connectivity index (χ0n) is 20.8. The van der Waals surface area contributed by atoms with Gasteiger partial charge in [0.15, 0.2) is 11.3 Å². The molecule has 3 aromatic heterocycles. The third-order valence-electron chi connectivity index (χ3n) is 5.68. The number of hydrogen-bond acceptors (Lipinski definition) is 10. The number of rotatable bonds is 11. The van der Waals surface area contributed by atoms with Gasteiger partial charge in [0.25, 0.3) is 5.91 Å². The molecule has 0 atom stereocenters. The van der Waals surface area contributed by atoms with Crippen LogP contribution in [0, 0.1) is 0 Å². The fourth-order valence-corrected chi connectivity index (χ4v) is 3.91. The molecule has 1 amide bonds. The number of primary amides is 1. The summed E-state index contributed by atoms with van der Waals surface area (Å²) < 4.78 is 18.5. The maximum Gasteiger partial charge on any atom is 0.254 e. The number of benzene rings is 2. The second-order valence-electron chi connectivity index (χ2n) is 8.28. The van der Waals surface area contributed by atoms with E-state index >= 15 is 0 Å². The number of amides is 1. The minimum atomic E-state index is -0.681. The van der Waals surface area contributed by atoms with Crippen LogP contribution in [0.5, 0.6) is 5.75 Å². The van der Waals surface area contributed by atoms with Gasteiger partial charge >= 0.3 is 0 Å². The number of carbonyl (C=O) groups excluding carboxylic acids is 1. The third kappa shape index (κ3) is 5.25. The van der Waals surface area contributed by atoms with Gasteiger partial charge in [0, 0.05) is 32.7 Å². The van der Waals surface area contributed by atoms with Crippen molar-refractivity contribution in [3.63, 3.8) is 0 Å². The number of hydrogen-bond donors (Lipinski definition) is 3. The van der Waals surface area contributed by atoms with Gasteiger partial charge in [0.05, 0.1) is 30.2 Å². The van der Waals surface area contributed by atoms with E-state index in [9.17, 15) is 4.79 Å². The molecule has 12 heteroatoms. The van der Waals surface area contributed by atoms with Crippen LogP contribution in [0.25, 0.3) is 22.6 Å². The molecule has 0 aliphatic carbocycles. The molecule has 194 valence electrons. The van der Waals surface area contributed by atoms with Crippen LogP contribution in [0.2, 0.25) is 0 Å². The van der Waals surface area contributed by atoms with Gasteiger partial charge in [0.1, 0.15) is 16.9 Å². The van der Waals surface area contributed by atoms with E-state index in [1.54, 1.807) is 31.2 Å². The van der Waals surface area contributed by atoms with Gasteiger partial charge in [-0.2, -0.15) is 10.1 Å². The van der Waals surface area contributed by atoms with Gasteiger partial charge in [-0.3, -0.25) is 9.48 Å². The Balaban J connectivity index is 1.44. The first-order valence-electron chi connectivity index (χ1n) is 11.8. The number of ether oxygens (including phenoxy) is 2. The molecule has 0 radical (unpaired) electrons. The van der Waals surface area contributed by atoms with E-state index in [1.165, 1.54) is 6.20 Å². The van der Waals surface area contributed by atoms with Crippen molar-refractivity contribution in [2.24, 2.45) is 5.73 Å². The van der Waals surface area contributed by atoms with Gasteiger partial charge in [-0.1, -0.05) is 18.2 Å². The highest BCUT2D eigenvalue weighted by Gasteiger charge is 2.19. The van der Waals surface area contributed by atoms with Crippen LogP contribution in [0.1, 0.15) is 16.8 Å². The Morgan fingerprint density at radius 1 is 1.08 bits per heavy atom. The smallest absolute Gasteiger partial charge is 0.254 e. The molecule has 12 nitrogen and oxygen atoms in total. The lowest BCUT2D eigenvalue weighted by Gasteiger charge is -2.15. The molecule has 0 aliphatic rings. The molecular weight excluding hydrogens is 488 g/mol. The number of anilines is 4. The number of aryl methyl sites for hydroxylation is 1. The molecular formula is C26H26N8O4. The SMILES string of the molecule is COCCCn1cc(Nc2ncc(C(N)=O)c(Nc3cccc(-c4nc5ccccc5o4)c3OC)n2)cn1. The molecule has 5 aromatic rings. The fourth-order valence-electron chi connectivity index (χ4n) is 3.91. The van der Waals surface area contributed by atoms with Crippen molar-refractivity contribution < 1.29 is 18.7 Å². The number of fused-ring (bicyclic) bond motifs is 1.